The molecule has 86 valence electrons. The topological polar surface area (TPSA) is 38.7 Å². The van der Waals surface area contributed by atoms with Crippen LogP contribution in [0.3, 0.4) is 0 Å². The Hall–Kier alpha value is -0.400. The smallest absolute Gasteiger partial charge is 0.394 e. The van der Waals surface area contributed by atoms with Crippen molar-refractivity contribution in [2.24, 2.45) is 0 Å². The van der Waals surface area contributed by atoms with E-state index in [4.69, 9.17) is 5.11 Å². The van der Waals surface area contributed by atoms with Crippen molar-refractivity contribution in [2.45, 2.75) is 25.1 Å². The largest absolute Gasteiger partial charge is 0.450 e. The highest BCUT2D eigenvalue weighted by molar-refractivity contribution is 4.76. The van der Waals surface area contributed by atoms with Crippen molar-refractivity contribution in [3.63, 3.8) is 0 Å². The highest BCUT2D eigenvalue weighted by Crippen LogP contribution is 2.34. The summed E-state index contributed by atoms with van der Waals surface area (Å²) in [6.07, 6.45) is -6.03. The molecular weight excluding hydrogens is 208 g/mol. The Balaban J connectivity index is 4.27. The van der Waals surface area contributed by atoms with Gasteiger partial charge in [-0.15, -0.1) is 0 Å². The molecule has 0 aromatic carbocycles. The van der Waals surface area contributed by atoms with Crippen molar-refractivity contribution in [3.05, 3.63) is 0 Å². The summed E-state index contributed by atoms with van der Waals surface area (Å²) >= 11 is 0. The molecule has 0 radical (unpaired) electrons. The number of aliphatic hydroxyl groups is 1. The Morgan fingerprint density at radius 2 is 1.79 bits per heavy atom. The SMILES string of the molecule is COC(F)(COC(C)CO)C(F)(F)F. The molecule has 0 fully saturated rings. The Morgan fingerprint density at radius 1 is 1.29 bits per heavy atom. The fourth-order valence-electron chi connectivity index (χ4n) is 0.559. The van der Waals surface area contributed by atoms with Crippen LogP contribution in [0.5, 0.6) is 0 Å². The highest BCUT2D eigenvalue weighted by Gasteiger charge is 2.57. The van der Waals surface area contributed by atoms with Gasteiger partial charge < -0.3 is 14.6 Å². The van der Waals surface area contributed by atoms with Gasteiger partial charge in [0.05, 0.1) is 12.7 Å². The molecule has 0 bridgehead atoms. The van der Waals surface area contributed by atoms with Crippen molar-refractivity contribution < 1.29 is 32.1 Å². The van der Waals surface area contributed by atoms with E-state index in [9.17, 15) is 17.6 Å². The third-order valence-corrected chi connectivity index (χ3v) is 1.56. The molecule has 0 saturated carbocycles. The summed E-state index contributed by atoms with van der Waals surface area (Å²) in [4.78, 5) is 0. The molecule has 0 amide bonds. The van der Waals surface area contributed by atoms with E-state index in [1.807, 2.05) is 0 Å². The number of aliphatic hydroxyl groups excluding tert-OH is 1. The van der Waals surface area contributed by atoms with Crippen LogP contribution in [-0.4, -0.2) is 43.6 Å². The minimum atomic E-state index is -5.16. The molecule has 7 heteroatoms. The van der Waals surface area contributed by atoms with Gasteiger partial charge in [-0.3, -0.25) is 0 Å². The third kappa shape index (κ3) is 3.39. The summed E-state index contributed by atoms with van der Waals surface area (Å²) in [6.45, 7) is -0.473. The first kappa shape index (κ1) is 13.6. The molecule has 0 aromatic rings. The maximum atomic E-state index is 13.0. The van der Waals surface area contributed by atoms with E-state index in [1.54, 1.807) is 0 Å². The Kier molecular flexibility index (Phi) is 4.76. The lowest BCUT2D eigenvalue weighted by molar-refractivity contribution is -0.341. The van der Waals surface area contributed by atoms with Crippen molar-refractivity contribution in [3.8, 4) is 0 Å². The monoisotopic (exact) mass is 220 g/mol. The van der Waals surface area contributed by atoms with E-state index in [0.717, 1.165) is 0 Å². The van der Waals surface area contributed by atoms with Gasteiger partial charge in [0.2, 0.25) is 0 Å². The number of ether oxygens (including phenoxy) is 2. The molecule has 0 aliphatic rings. The molecule has 2 atom stereocenters. The molecule has 1 N–H and O–H groups in total. The zero-order valence-corrected chi connectivity index (χ0v) is 7.77. The Morgan fingerprint density at radius 3 is 2.07 bits per heavy atom. The van der Waals surface area contributed by atoms with Gasteiger partial charge in [0.15, 0.2) is 0 Å². The first-order valence-electron chi connectivity index (χ1n) is 3.80. The second kappa shape index (κ2) is 4.90. The number of halogens is 4. The average molecular weight is 220 g/mol. The van der Waals surface area contributed by atoms with E-state index in [2.05, 4.69) is 9.47 Å². The lowest BCUT2D eigenvalue weighted by atomic mass is 10.3. The van der Waals surface area contributed by atoms with Gasteiger partial charge in [-0.1, -0.05) is 0 Å². The van der Waals surface area contributed by atoms with Crippen molar-refractivity contribution >= 4 is 0 Å². The van der Waals surface area contributed by atoms with E-state index >= 15 is 0 Å². The quantitative estimate of drug-likeness (QED) is 0.709. The molecule has 0 rings (SSSR count). The summed E-state index contributed by atoms with van der Waals surface area (Å²) in [7, 11) is 0.598. The van der Waals surface area contributed by atoms with Crippen LogP contribution < -0.4 is 0 Å². The summed E-state index contributed by atoms with van der Waals surface area (Å²) in [5.41, 5.74) is 0. The van der Waals surface area contributed by atoms with Gasteiger partial charge in [0.25, 0.3) is 0 Å². The van der Waals surface area contributed by atoms with Crippen LogP contribution in [0, 0.1) is 0 Å². The van der Waals surface area contributed by atoms with Crippen molar-refractivity contribution in [1.82, 2.24) is 0 Å². The van der Waals surface area contributed by atoms with Crippen molar-refractivity contribution in [2.75, 3.05) is 20.3 Å². The summed E-state index contributed by atoms with van der Waals surface area (Å²) in [5, 5.41) is 8.44. The summed E-state index contributed by atoms with van der Waals surface area (Å²) < 4.78 is 57.1. The van der Waals surface area contributed by atoms with Crippen LogP contribution in [0.15, 0.2) is 0 Å². The lowest BCUT2D eigenvalue weighted by Crippen LogP contribution is -2.47. The summed E-state index contributed by atoms with van der Waals surface area (Å²) in [6, 6.07) is 0. The van der Waals surface area contributed by atoms with Crippen LogP contribution >= 0.6 is 0 Å². The minimum absolute atomic E-state index is 0.488. The third-order valence-electron chi connectivity index (χ3n) is 1.56. The predicted octanol–water partition coefficient (Wildman–Crippen LogP) is 1.26. The number of hydrogen-bond acceptors (Lipinski definition) is 3. The van der Waals surface area contributed by atoms with E-state index in [0.29, 0.717) is 7.11 Å². The van der Waals surface area contributed by atoms with Gasteiger partial charge in [-0.2, -0.15) is 17.6 Å². The van der Waals surface area contributed by atoms with E-state index in [1.165, 1.54) is 6.92 Å². The normalized spacial score (nSPS) is 19.1. The fourth-order valence-corrected chi connectivity index (χ4v) is 0.559. The standard InChI is InChI=1S/C7H12F4O3/c1-5(3-12)14-4-6(8,13-2)7(9,10)11/h5,12H,3-4H2,1-2H3. The molecule has 0 heterocycles. The number of methoxy groups -OCH3 is 1. The second-order valence-electron chi connectivity index (χ2n) is 2.73. The Labute approximate surface area is 78.6 Å². The number of rotatable bonds is 5. The zero-order chi connectivity index (χ0) is 11.4. The molecule has 0 spiro atoms. The summed E-state index contributed by atoms with van der Waals surface area (Å²) in [5.74, 6) is -3.82. The van der Waals surface area contributed by atoms with E-state index in [-0.39, 0.29) is 0 Å². The zero-order valence-electron chi connectivity index (χ0n) is 7.77. The maximum absolute atomic E-state index is 13.0. The molecule has 0 aliphatic carbocycles. The van der Waals surface area contributed by atoms with Crippen LogP contribution in [0.4, 0.5) is 17.6 Å². The second-order valence-corrected chi connectivity index (χ2v) is 2.73. The van der Waals surface area contributed by atoms with Gasteiger partial charge in [-0.05, 0) is 6.92 Å². The Bertz CT molecular complexity index is 173. The molecule has 3 nitrogen and oxygen atoms in total. The maximum Gasteiger partial charge on any atom is 0.450 e. The molecular formula is C7H12F4O3. The van der Waals surface area contributed by atoms with Crippen LogP contribution in [0.1, 0.15) is 6.92 Å². The molecule has 0 aromatic heterocycles. The molecule has 14 heavy (non-hydrogen) atoms. The lowest BCUT2D eigenvalue weighted by Gasteiger charge is -2.26. The predicted molar refractivity (Wildman–Crippen MR) is 39.4 cm³/mol. The van der Waals surface area contributed by atoms with Gasteiger partial charge in [0.1, 0.15) is 6.61 Å². The van der Waals surface area contributed by atoms with Gasteiger partial charge >= 0.3 is 12.0 Å². The van der Waals surface area contributed by atoms with Gasteiger partial charge in [-0.25, -0.2) is 0 Å². The molecule has 0 aliphatic heterocycles. The molecule has 0 saturated heterocycles. The fraction of sp³-hybridized carbons (Fsp3) is 1.00. The van der Waals surface area contributed by atoms with Crippen LogP contribution in [0.25, 0.3) is 0 Å². The van der Waals surface area contributed by atoms with Crippen molar-refractivity contribution in [1.29, 1.82) is 0 Å². The van der Waals surface area contributed by atoms with Gasteiger partial charge in [0, 0.05) is 7.11 Å². The highest BCUT2D eigenvalue weighted by atomic mass is 19.4. The number of hydrogen-bond donors (Lipinski definition) is 1. The van der Waals surface area contributed by atoms with Crippen LogP contribution in [-0.2, 0) is 9.47 Å². The van der Waals surface area contributed by atoms with E-state index < -0.39 is 31.3 Å². The van der Waals surface area contributed by atoms with Crippen LogP contribution in [0.2, 0.25) is 0 Å². The molecule has 2 unspecified atom stereocenters. The first-order chi connectivity index (χ1) is 6.27. The average Bonchev–Trinajstić information content (AvgIpc) is 2.11. The minimum Gasteiger partial charge on any atom is -0.394 e. The number of alkyl halides is 4. The first-order valence-corrected chi connectivity index (χ1v) is 3.80.